The number of carbonyl (C=O) groups is 1. The van der Waals surface area contributed by atoms with E-state index in [2.05, 4.69) is 15.6 Å². The van der Waals surface area contributed by atoms with Crippen molar-refractivity contribution < 1.29 is 22.7 Å². The smallest absolute Gasteiger partial charge is 0.390 e. The molecular formula is C28H26ClF3N4O2. The zero-order valence-corrected chi connectivity index (χ0v) is 21.6. The summed E-state index contributed by atoms with van der Waals surface area (Å²) in [4.78, 5) is 17.4. The summed E-state index contributed by atoms with van der Waals surface area (Å²) in [5, 5.41) is 6.41. The number of nitrogens with zero attached hydrogens (tertiary/aromatic N) is 2. The van der Waals surface area contributed by atoms with Crippen LogP contribution in [0.3, 0.4) is 0 Å². The number of nitrogens with one attached hydrogen (secondary N) is 2. The molecule has 2 aromatic heterocycles. The lowest BCUT2D eigenvalue weighted by molar-refractivity contribution is -0.131. The number of aryl methyl sites for hydroxylation is 1. The van der Waals surface area contributed by atoms with Crippen LogP contribution in [0.15, 0.2) is 60.9 Å². The minimum absolute atomic E-state index is 0.108. The zero-order chi connectivity index (χ0) is 27.1. The molecule has 2 N–H and O–H groups in total. The van der Waals surface area contributed by atoms with E-state index in [4.69, 9.17) is 16.3 Å². The fraction of sp³-hybridized carbons (Fsp3) is 0.286. The van der Waals surface area contributed by atoms with E-state index in [9.17, 15) is 18.0 Å². The number of hydrogen-bond donors (Lipinski definition) is 2. The molecule has 6 nitrogen and oxygen atoms in total. The second-order valence-corrected chi connectivity index (χ2v) is 10.3. The van der Waals surface area contributed by atoms with Gasteiger partial charge in [0.25, 0.3) is 5.91 Å². The Morgan fingerprint density at radius 2 is 1.92 bits per heavy atom. The van der Waals surface area contributed by atoms with Crippen LogP contribution < -0.4 is 15.4 Å². The number of amides is 1. The fourth-order valence-corrected chi connectivity index (χ4v) is 4.31. The van der Waals surface area contributed by atoms with Crippen molar-refractivity contribution in [1.82, 2.24) is 14.7 Å². The van der Waals surface area contributed by atoms with Gasteiger partial charge in [-0.3, -0.25) is 4.79 Å². The number of benzene rings is 2. The minimum atomic E-state index is -4.29. The Morgan fingerprint density at radius 1 is 1.13 bits per heavy atom. The number of imidazole rings is 1. The molecule has 1 aliphatic rings. The maximum atomic E-state index is 12.8. The van der Waals surface area contributed by atoms with Gasteiger partial charge in [-0.1, -0.05) is 23.7 Å². The van der Waals surface area contributed by atoms with Crippen molar-refractivity contribution in [2.24, 2.45) is 0 Å². The van der Waals surface area contributed by atoms with Gasteiger partial charge in [-0.15, -0.1) is 0 Å². The van der Waals surface area contributed by atoms with Crippen LogP contribution >= 0.6 is 11.6 Å². The van der Waals surface area contributed by atoms with Crippen molar-refractivity contribution in [2.75, 3.05) is 11.9 Å². The first kappa shape index (κ1) is 25.9. The van der Waals surface area contributed by atoms with Crippen LogP contribution in [0.25, 0.3) is 16.9 Å². The Hall–Kier alpha value is -3.72. The molecule has 0 saturated heterocycles. The number of ether oxygens (including phenoxy) is 1. The summed E-state index contributed by atoms with van der Waals surface area (Å²) in [7, 11) is 0. The van der Waals surface area contributed by atoms with Gasteiger partial charge in [-0.25, -0.2) is 4.98 Å². The Labute approximate surface area is 222 Å². The lowest BCUT2D eigenvalue weighted by atomic mass is 10.0. The quantitative estimate of drug-likeness (QED) is 0.243. The first-order valence-corrected chi connectivity index (χ1v) is 12.6. The molecule has 0 atom stereocenters. The summed E-state index contributed by atoms with van der Waals surface area (Å²) in [5.41, 5.74) is 3.50. The molecular weight excluding hydrogens is 517 g/mol. The van der Waals surface area contributed by atoms with Gasteiger partial charge in [0, 0.05) is 40.5 Å². The molecule has 0 spiro atoms. The molecule has 5 rings (SSSR count). The summed E-state index contributed by atoms with van der Waals surface area (Å²) >= 11 is 6.06. The topological polar surface area (TPSA) is 67.7 Å². The second kappa shape index (κ2) is 9.87. The first-order chi connectivity index (χ1) is 18.0. The summed E-state index contributed by atoms with van der Waals surface area (Å²) < 4.78 is 46.0. The SMILES string of the molecule is Cc1cc(-c2cn3cc(Oc4cccc(Cl)c4)cc(NCCC(F)(F)F)c3n2)ccc1C(=O)NC1(C)CC1. The van der Waals surface area contributed by atoms with Crippen LogP contribution in [0.4, 0.5) is 18.9 Å². The predicted octanol–water partition coefficient (Wildman–Crippen LogP) is 7.40. The second-order valence-electron chi connectivity index (χ2n) is 9.84. The van der Waals surface area contributed by atoms with Crippen molar-refractivity contribution in [2.45, 2.75) is 44.8 Å². The van der Waals surface area contributed by atoms with Gasteiger partial charge in [0.1, 0.15) is 11.5 Å². The number of halogens is 4. The fourth-order valence-electron chi connectivity index (χ4n) is 4.13. The third-order valence-electron chi connectivity index (χ3n) is 6.46. The molecule has 2 heterocycles. The normalized spacial score (nSPS) is 14.4. The highest BCUT2D eigenvalue weighted by molar-refractivity contribution is 6.30. The summed E-state index contributed by atoms with van der Waals surface area (Å²) in [6, 6.07) is 13.9. The molecule has 1 saturated carbocycles. The van der Waals surface area contributed by atoms with Crippen molar-refractivity contribution in [3.05, 3.63) is 77.1 Å². The average Bonchev–Trinajstić information content (AvgIpc) is 3.39. The minimum Gasteiger partial charge on any atom is -0.456 e. The van der Waals surface area contributed by atoms with E-state index >= 15 is 0 Å². The molecule has 10 heteroatoms. The van der Waals surface area contributed by atoms with Crippen LogP contribution in [0.1, 0.15) is 42.1 Å². The largest absolute Gasteiger partial charge is 0.456 e. The third-order valence-corrected chi connectivity index (χ3v) is 6.70. The predicted molar refractivity (Wildman–Crippen MR) is 141 cm³/mol. The highest BCUT2D eigenvalue weighted by Gasteiger charge is 2.39. The van der Waals surface area contributed by atoms with Gasteiger partial charge in [0.2, 0.25) is 0 Å². The van der Waals surface area contributed by atoms with Crippen LogP contribution in [0, 0.1) is 6.92 Å². The number of aromatic nitrogens is 2. The van der Waals surface area contributed by atoms with Crippen molar-refractivity contribution in [3.8, 4) is 22.8 Å². The number of rotatable bonds is 8. The van der Waals surface area contributed by atoms with Crippen LogP contribution in [-0.4, -0.2) is 33.6 Å². The molecule has 0 aliphatic heterocycles. The van der Waals surface area contributed by atoms with Gasteiger partial charge in [-0.2, -0.15) is 13.2 Å². The number of pyridine rings is 1. The van der Waals surface area contributed by atoms with Gasteiger partial charge < -0.3 is 19.8 Å². The molecule has 1 amide bonds. The molecule has 198 valence electrons. The monoisotopic (exact) mass is 542 g/mol. The molecule has 1 aliphatic carbocycles. The number of alkyl halides is 3. The van der Waals surface area contributed by atoms with E-state index in [1.54, 1.807) is 53.2 Å². The Morgan fingerprint density at radius 3 is 2.61 bits per heavy atom. The van der Waals surface area contributed by atoms with Gasteiger partial charge in [0.15, 0.2) is 5.65 Å². The van der Waals surface area contributed by atoms with Gasteiger partial charge >= 0.3 is 6.18 Å². The Bertz CT molecular complexity index is 1510. The van der Waals surface area contributed by atoms with Gasteiger partial charge in [0.05, 0.1) is 24.0 Å². The third kappa shape index (κ3) is 6.05. The van der Waals surface area contributed by atoms with Crippen LogP contribution in [0.2, 0.25) is 5.02 Å². The van der Waals surface area contributed by atoms with E-state index in [0.29, 0.717) is 39.1 Å². The Balaban J connectivity index is 1.47. The average molecular weight is 543 g/mol. The first-order valence-electron chi connectivity index (χ1n) is 12.2. The number of fused-ring (bicyclic) bond motifs is 1. The lowest BCUT2D eigenvalue weighted by Gasteiger charge is -2.13. The van der Waals surface area contributed by atoms with Crippen LogP contribution in [0.5, 0.6) is 11.5 Å². The molecule has 1 fully saturated rings. The van der Waals surface area contributed by atoms with E-state index in [-0.39, 0.29) is 18.0 Å². The molecule has 38 heavy (non-hydrogen) atoms. The van der Waals surface area contributed by atoms with Crippen molar-refractivity contribution in [3.63, 3.8) is 0 Å². The van der Waals surface area contributed by atoms with Crippen molar-refractivity contribution in [1.29, 1.82) is 0 Å². The highest BCUT2D eigenvalue weighted by atomic mass is 35.5. The molecule has 0 bridgehead atoms. The molecule has 2 aromatic carbocycles. The zero-order valence-electron chi connectivity index (χ0n) is 20.8. The van der Waals surface area contributed by atoms with E-state index in [0.717, 1.165) is 24.0 Å². The van der Waals surface area contributed by atoms with E-state index in [1.165, 1.54) is 0 Å². The lowest BCUT2D eigenvalue weighted by Crippen LogP contribution is -2.34. The van der Waals surface area contributed by atoms with E-state index < -0.39 is 12.6 Å². The maximum Gasteiger partial charge on any atom is 0.390 e. The highest BCUT2D eigenvalue weighted by Crippen LogP contribution is 2.35. The van der Waals surface area contributed by atoms with Gasteiger partial charge in [-0.05, 0) is 62.6 Å². The molecule has 0 radical (unpaired) electrons. The summed E-state index contributed by atoms with van der Waals surface area (Å²) in [5.74, 6) is 0.779. The number of hydrogen-bond acceptors (Lipinski definition) is 4. The molecule has 0 unspecified atom stereocenters. The summed E-state index contributed by atoms with van der Waals surface area (Å²) in [6.07, 6.45) is 0.135. The number of anilines is 1. The molecule has 4 aromatic rings. The van der Waals surface area contributed by atoms with Crippen LogP contribution in [-0.2, 0) is 0 Å². The van der Waals surface area contributed by atoms with E-state index in [1.807, 2.05) is 26.0 Å². The van der Waals surface area contributed by atoms with Crippen molar-refractivity contribution >= 4 is 28.8 Å². The summed E-state index contributed by atoms with van der Waals surface area (Å²) in [6.45, 7) is 3.57. The maximum absolute atomic E-state index is 12.8. The standard InChI is InChI=1S/C28H26ClF3N4O2/c1-17-12-18(6-7-22(17)26(37)35-27(2)8-9-27)24-16-36-15-21(38-20-5-3-4-19(29)13-20)14-23(25(36)34-24)33-11-10-28(30,31)32/h3-7,12-16,33H,8-11H2,1-2H3,(H,35,37). The number of carbonyl (C=O) groups excluding carboxylic acids is 1. The Kier molecular flexibility index (Phi) is 6.73.